The van der Waals surface area contributed by atoms with E-state index in [9.17, 15) is 10.1 Å². The number of benzene rings is 1. The maximum Gasteiger partial charge on any atom is 0.267 e. The fraction of sp³-hybridized carbons (Fsp3) is 0.545. The zero-order chi connectivity index (χ0) is 19.3. The molecule has 1 amide bonds. The first-order valence-corrected chi connectivity index (χ1v) is 10.9. The molecule has 0 saturated heterocycles. The topological polar surface area (TPSA) is 64.9 Å². The predicted molar refractivity (Wildman–Crippen MR) is 114 cm³/mol. The van der Waals surface area contributed by atoms with Crippen molar-refractivity contribution < 1.29 is 4.79 Å². The van der Waals surface area contributed by atoms with Crippen LogP contribution in [0.2, 0.25) is 0 Å². The second-order valence-electron chi connectivity index (χ2n) is 7.25. The minimum absolute atomic E-state index is 0.115. The summed E-state index contributed by atoms with van der Waals surface area (Å²) in [5.74, 6) is -0.375. The van der Waals surface area contributed by atoms with Gasteiger partial charge in [0.15, 0.2) is 0 Å². The number of rotatable bonds is 4. The molecule has 5 heteroatoms. The molecular formula is C22H30BrN3O. The van der Waals surface area contributed by atoms with E-state index in [4.69, 9.17) is 0 Å². The van der Waals surface area contributed by atoms with Crippen LogP contribution < -0.4 is 10.6 Å². The summed E-state index contributed by atoms with van der Waals surface area (Å²) in [6, 6.07) is 9.68. The van der Waals surface area contributed by atoms with E-state index in [1.807, 2.05) is 18.2 Å². The number of anilines is 1. The van der Waals surface area contributed by atoms with Crippen LogP contribution in [0.25, 0.3) is 0 Å². The van der Waals surface area contributed by atoms with Gasteiger partial charge in [-0.15, -0.1) is 0 Å². The first-order chi connectivity index (χ1) is 13.2. The summed E-state index contributed by atoms with van der Waals surface area (Å²) < 4.78 is 0.945. The van der Waals surface area contributed by atoms with Crippen LogP contribution in [-0.4, -0.2) is 11.9 Å². The summed E-state index contributed by atoms with van der Waals surface area (Å²) in [4.78, 5) is 12.4. The van der Waals surface area contributed by atoms with Gasteiger partial charge in [0, 0.05) is 22.4 Å². The van der Waals surface area contributed by atoms with Crippen molar-refractivity contribution in [3.63, 3.8) is 0 Å². The number of amides is 1. The fourth-order valence-corrected chi connectivity index (χ4v) is 3.68. The Bertz CT molecular complexity index is 637. The molecule has 0 radical (unpaired) electrons. The third-order valence-electron chi connectivity index (χ3n) is 5.04. The summed E-state index contributed by atoms with van der Waals surface area (Å²) in [7, 11) is 0. The van der Waals surface area contributed by atoms with Crippen molar-refractivity contribution >= 4 is 27.5 Å². The van der Waals surface area contributed by atoms with Gasteiger partial charge in [0.2, 0.25) is 0 Å². The Morgan fingerprint density at radius 1 is 0.963 bits per heavy atom. The molecule has 1 aromatic carbocycles. The molecule has 4 nitrogen and oxygen atoms in total. The van der Waals surface area contributed by atoms with Crippen molar-refractivity contribution in [2.24, 2.45) is 0 Å². The highest BCUT2D eigenvalue weighted by Gasteiger charge is 2.12. The highest BCUT2D eigenvalue weighted by Crippen LogP contribution is 2.18. The number of nitriles is 1. The van der Waals surface area contributed by atoms with Gasteiger partial charge in [-0.1, -0.05) is 73.7 Å². The number of nitrogens with one attached hydrogen (secondary N) is 2. The summed E-state index contributed by atoms with van der Waals surface area (Å²) in [5.41, 5.74) is 0.791. The zero-order valence-corrected chi connectivity index (χ0v) is 17.6. The number of carbonyl (C=O) groups excluding carboxylic acids is 1. The zero-order valence-electron chi connectivity index (χ0n) is 16.0. The lowest BCUT2D eigenvalue weighted by Crippen LogP contribution is -2.26. The van der Waals surface area contributed by atoms with Gasteiger partial charge in [0.05, 0.1) is 0 Å². The van der Waals surface area contributed by atoms with Gasteiger partial charge in [0.25, 0.3) is 5.91 Å². The second kappa shape index (κ2) is 12.6. The van der Waals surface area contributed by atoms with E-state index in [0.29, 0.717) is 11.7 Å². The van der Waals surface area contributed by atoms with Crippen molar-refractivity contribution in [2.75, 3.05) is 5.32 Å². The van der Waals surface area contributed by atoms with Gasteiger partial charge >= 0.3 is 0 Å². The Morgan fingerprint density at radius 2 is 1.48 bits per heavy atom. The van der Waals surface area contributed by atoms with E-state index in [1.54, 1.807) is 18.3 Å². The summed E-state index contributed by atoms with van der Waals surface area (Å²) >= 11 is 3.37. The number of hydrogen-bond acceptors (Lipinski definition) is 3. The lowest BCUT2D eigenvalue weighted by atomic mass is 9.98. The van der Waals surface area contributed by atoms with E-state index >= 15 is 0 Å². The minimum atomic E-state index is -0.375. The lowest BCUT2D eigenvalue weighted by molar-refractivity contribution is -0.112. The van der Waals surface area contributed by atoms with Crippen LogP contribution in [0.1, 0.15) is 70.6 Å². The van der Waals surface area contributed by atoms with Crippen LogP contribution in [0.3, 0.4) is 0 Å². The number of hydrogen-bond donors (Lipinski definition) is 2. The van der Waals surface area contributed by atoms with Crippen molar-refractivity contribution in [3.05, 3.63) is 40.5 Å². The largest absolute Gasteiger partial charge is 0.387 e. The highest BCUT2D eigenvalue weighted by atomic mass is 79.9. The van der Waals surface area contributed by atoms with Crippen molar-refractivity contribution in [2.45, 2.75) is 76.7 Å². The van der Waals surface area contributed by atoms with E-state index in [0.717, 1.165) is 17.3 Å². The Kier molecular flexibility index (Phi) is 10.0. The van der Waals surface area contributed by atoms with E-state index in [2.05, 4.69) is 26.6 Å². The summed E-state index contributed by atoms with van der Waals surface area (Å²) in [5, 5.41) is 15.5. The predicted octanol–water partition coefficient (Wildman–Crippen LogP) is 6.06. The molecule has 0 heterocycles. The van der Waals surface area contributed by atoms with Crippen LogP contribution in [0.5, 0.6) is 0 Å². The van der Waals surface area contributed by atoms with E-state index in [1.165, 1.54) is 57.8 Å². The minimum Gasteiger partial charge on any atom is -0.387 e. The highest BCUT2D eigenvalue weighted by molar-refractivity contribution is 9.10. The molecule has 0 unspecified atom stereocenters. The van der Waals surface area contributed by atoms with E-state index in [-0.39, 0.29) is 11.5 Å². The summed E-state index contributed by atoms with van der Waals surface area (Å²) in [6.07, 6.45) is 15.5. The van der Waals surface area contributed by atoms with Crippen LogP contribution in [0, 0.1) is 11.3 Å². The van der Waals surface area contributed by atoms with E-state index < -0.39 is 0 Å². The molecule has 0 bridgehead atoms. The Hall–Kier alpha value is -1.80. The first-order valence-electron chi connectivity index (χ1n) is 10.1. The van der Waals surface area contributed by atoms with Crippen LogP contribution in [0.4, 0.5) is 5.69 Å². The third-order valence-corrected chi connectivity index (χ3v) is 5.56. The molecule has 0 aromatic heterocycles. The van der Waals surface area contributed by atoms with Gasteiger partial charge in [0.1, 0.15) is 11.6 Å². The Balaban J connectivity index is 1.90. The smallest absolute Gasteiger partial charge is 0.267 e. The van der Waals surface area contributed by atoms with Gasteiger partial charge in [-0.05, 0) is 37.1 Å². The fourth-order valence-electron chi connectivity index (χ4n) is 3.41. The molecular weight excluding hydrogens is 402 g/mol. The molecule has 1 aliphatic rings. The monoisotopic (exact) mass is 431 g/mol. The molecule has 0 aliphatic heterocycles. The maximum atomic E-state index is 12.4. The van der Waals surface area contributed by atoms with Gasteiger partial charge in [-0.25, -0.2) is 0 Å². The Labute approximate surface area is 171 Å². The van der Waals surface area contributed by atoms with Crippen LogP contribution >= 0.6 is 15.9 Å². The normalized spacial score (nSPS) is 17.9. The maximum absolute atomic E-state index is 12.4. The number of carbonyl (C=O) groups is 1. The lowest BCUT2D eigenvalue weighted by Gasteiger charge is -2.18. The summed E-state index contributed by atoms with van der Waals surface area (Å²) in [6.45, 7) is 0. The number of nitrogens with zero attached hydrogens (tertiary/aromatic N) is 1. The quantitative estimate of drug-likeness (QED) is 0.449. The molecule has 146 valence electrons. The molecule has 2 rings (SSSR count). The van der Waals surface area contributed by atoms with Crippen LogP contribution in [-0.2, 0) is 4.79 Å². The van der Waals surface area contributed by atoms with Crippen LogP contribution in [0.15, 0.2) is 40.5 Å². The third kappa shape index (κ3) is 8.62. The van der Waals surface area contributed by atoms with Gasteiger partial charge in [-0.3, -0.25) is 4.79 Å². The first kappa shape index (κ1) is 21.5. The molecule has 0 atom stereocenters. The molecule has 1 saturated carbocycles. The molecule has 1 aliphatic carbocycles. The molecule has 2 N–H and O–H groups in total. The molecule has 0 spiro atoms. The van der Waals surface area contributed by atoms with Crippen molar-refractivity contribution in [3.8, 4) is 6.07 Å². The molecule has 1 aromatic rings. The average Bonchev–Trinajstić information content (AvgIpc) is 2.66. The van der Waals surface area contributed by atoms with Crippen molar-refractivity contribution in [1.82, 2.24) is 5.32 Å². The standard InChI is InChI=1S/C22H30BrN3O/c23-19-12-14-21(15-13-19)26-22(27)18(16-24)17-25-20-10-8-6-4-2-1-3-5-7-9-11-20/h12-15,17,20,25H,1-11H2,(H,26,27)/b18-17-. The molecule has 27 heavy (non-hydrogen) atoms. The molecule has 1 fully saturated rings. The number of halogens is 1. The Morgan fingerprint density at radius 3 is 2.00 bits per heavy atom. The van der Waals surface area contributed by atoms with Gasteiger partial charge in [-0.2, -0.15) is 5.26 Å². The van der Waals surface area contributed by atoms with Crippen molar-refractivity contribution in [1.29, 1.82) is 5.26 Å². The SMILES string of the molecule is N#C/C(=C/NC1CCCCCCCCCCC1)C(=O)Nc1ccc(Br)cc1. The average molecular weight is 432 g/mol. The second-order valence-corrected chi connectivity index (χ2v) is 8.17. The van der Waals surface area contributed by atoms with Gasteiger partial charge < -0.3 is 10.6 Å².